The lowest BCUT2D eigenvalue weighted by molar-refractivity contribution is 0.0953. The van der Waals surface area contributed by atoms with E-state index < -0.39 is 17.5 Å². The van der Waals surface area contributed by atoms with Gasteiger partial charge in [0.25, 0.3) is 5.91 Å². The first kappa shape index (κ1) is 15.6. The van der Waals surface area contributed by atoms with Crippen molar-refractivity contribution < 1.29 is 13.6 Å². The highest BCUT2D eigenvalue weighted by Gasteiger charge is 2.10. The molecule has 0 saturated carbocycles. The minimum absolute atomic E-state index is 0.107. The van der Waals surface area contributed by atoms with Gasteiger partial charge in [-0.15, -0.1) is 11.3 Å². The Morgan fingerprint density at radius 1 is 1.33 bits per heavy atom. The summed E-state index contributed by atoms with van der Waals surface area (Å²) < 4.78 is 25.8. The number of hydrogen-bond acceptors (Lipinski definition) is 3. The molecule has 0 radical (unpaired) electrons. The maximum Gasteiger partial charge on any atom is 0.251 e. The van der Waals surface area contributed by atoms with Crippen LogP contribution in [0.2, 0.25) is 0 Å². The van der Waals surface area contributed by atoms with Gasteiger partial charge < -0.3 is 5.32 Å². The predicted molar refractivity (Wildman–Crippen MR) is 78.6 cm³/mol. The van der Waals surface area contributed by atoms with Crippen LogP contribution in [0.1, 0.15) is 40.8 Å². The molecule has 0 atom stereocenters. The zero-order valence-corrected chi connectivity index (χ0v) is 12.6. The normalized spacial score (nSPS) is 10.9. The fourth-order valence-electron chi connectivity index (χ4n) is 1.73. The predicted octanol–water partition coefficient (Wildman–Crippen LogP) is 3.52. The number of aromatic nitrogens is 1. The largest absolute Gasteiger partial charge is 0.352 e. The molecule has 3 nitrogen and oxygen atoms in total. The van der Waals surface area contributed by atoms with Crippen LogP contribution in [0.3, 0.4) is 0 Å². The van der Waals surface area contributed by atoms with E-state index in [0.29, 0.717) is 18.9 Å². The second kappa shape index (κ2) is 6.76. The van der Waals surface area contributed by atoms with Crippen LogP contribution in [0, 0.1) is 11.6 Å². The van der Waals surface area contributed by atoms with Crippen molar-refractivity contribution in [1.29, 1.82) is 0 Å². The van der Waals surface area contributed by atoms with Gasteiger partial charge in [-0.25, -0.2) is 13.8 Å². The molecule has 0 aliphatic carbocycles. The zero-order valence-electron chi connectivity index (χ0n) is 11.8. The number of benzene rings is 1. The molecule has 1 amide bonds. The fourth-order valence-corrected chi connectivity index (χ4v) is 2.69. The number of carbonyl (C=O) groups is 1. The maximum absolute atomic E-state index is 13.0. The Balaban J connectivity index is 1.87. The van der Waals surface area contributed by atoms with E-state index in [0.717, 1.165) is 22.8 Å². The Hall–Kier alpha value is -1.82. The molecule has 0 aliphatic rings. The average Bonchev–Trinajstić information content (AvgIpc) is 2.91. The third kappa shape index (κ3) is 4.07. The van der Waals surface area contributed by atoms with Crippen LogP contribution in [0.15, 0.2) is 23.6 Å². The Labute approximate surface area is 126 Å². The molecule has 2 aromatic rings. The molecule has 0 spiro atoms. The summed E-state index contributed by atoms with van der Waals surface area (Å²) in [7, 11) is 0. The molecule has 6 heteroatoms. The Bertz CT molecular complexity index is 640. The number of nitrogens with one attached hydrogen (secondary N) is 1. The summed E-state index contributed by atoms with van der Waals surface area (Å²) in [6.07, 6.45) is 0.618. The average molecular weight is 310 g/mol. The standard InChI is InChI=1S/C15H16F2N2OS/c1-9(2)13-8-21-14(19-13)5-6-18-15(20)10-3-4-11(16)12(17)7-10/h3-4,7-9H,5-6H2,1-2H3,(H,18,20). The van der Waals surface area contributed by atoms with Gasteiger partial charge in [-0.1, -0.05) is 13.8 Å². The van der Waals surface area contributed by atoms with Crippen LogP contribution in [0.4, 0.5) is 8.78 Å². The summed E-state index contributed by atoms with van der Waals surface area (Å²) in [5, 5.41) is 5.63. The zero-order chi connectivity index (χ0) is 15.4. The molecule has 0 bridgehead atoms. The van der Waals surface area contributed by atoms with E-state index in [4.69, 9.17) is 0 Å². The number of hydrogen-bond donors (Lipinski definition) is 1. The molecule has 2 rings (SSSR count). The first-order valence-electron chi connectivity index (χ1n) is 6.65. The highest BCUT2D eigenvalue weighted by Crippen LogP contribution is 2.17. The van der Waals surface area contributed by atoms with E-state index in [1.807, 2.05) is 5.38 Å². The lowest BCUT2D eigenvalue weighted by Crippen LogP contribution is -2.25. The van der Waals surface area contributed by atoms with Gasteiger partial charge in [0, 0.05) is 23.9 Å². The Morgan fingerprint density at radius 3 is 2.71 bits per heavy atom. The molecular formula is C15H16F2N2OS. The number of amides is 1. The fraction of sp³-hybridized carbons (Fsp3) is 0.333. The van der Waals surface area contributed by atoms with Crippen molar-refractivity contribution >= 4 is 17.2 Å². The van der Waals surface area contributed by atoms with Crippen LogP contribution >= 0.6 is 11.3 Å². The van der Waals surface area contributed by atoms with Gasteiger partial charge in [-0.3, -0.25) is 4.79 Å². The number of rotatable bonds is 5. The van der Waals surface area contributed by atoms with Gasteiger partial charge in [-0.2, -0.15) is 0 Å². The topological polar surface area (TPSA) is 42.0 Å². The van der Waals surface area contributed by atoms with Crippen molar-refractivity contribution in [3.05, 3.63) is 51.5 Å². The van der Waals surface area contributed by atoms with Gasteiger partial charge >= 0.3 is 0 Å². The highest BCUT2D eigenvalue weighted by molar-refractivity contribution is 7.09. The van der Waals surface area contributed by atoms with E-state index in [1.165, 1.54) is 6.07 Å². The molecule has 0 fully saturated rings. The smallest absolute Gasteiger partial charge is 0.251 e. The monoisotopic (exact) mass is 310 g/mol. The molecule has 112 valence electrons. The maximum atomic E-state index is 13.0. The van der Waals surface area contributed by atoms with E-state index in [1.54, 1.807) is 11.3 Å². The quantitative estimate of drug-likeness (QED) is 0.918. The van der Waals surface area contributed by atoms with Gasteiger partial charge in [0.15, 0.2) is 11.6 Å². The van der Waals surface area contributed by atoms with Crippen molar-refractivity contribution in [2.45, 2.75) is 26.2 Å². The van der Waals surface area contributed by atoms with E-state index in [9.17, 15) is 13.6 Å². The minimum atomic E-state index is -1.02. The van der Waals surface area contributed by atoms with E-state index in [2.05, 4.69) is 24.1 Å². The number of nitrogens with zero attached hydrogens (tertiary/aromatic N) is 1. The van der Waals surface area contributed by atoms with Crippen LogP contribution in [0.25, 0.3) is 0 Å². The van der Waals surface area contributed by atoms with Crippen molar-refractivity contribution in [2.75, 3.05) is 6.54 Å². The Morgan fingerprint density at radius 2 is 2.10 bits per heavy atom. The third-order valence-corrected chi connectivity index (χ3v) is 3.89. The molecule has 21 heavy (non-hydrogen) atoms. The van der Waals surface area contributed by atoms with Crippen molar-refractivity contribution in [3.8, 4) is 0 Å². The summed E-state index contributed by atoms with van der Waals surface area (Å²) in [6.45, 7) is 4.55. The van der Waals surface area contributed by atoms with Gasteiger partial charge in [0.05, 0.1) is 10.7 Å². The minimum Gasteiger partial charge on any atom is -0.352 e. The third-order valence-electron chi connectivity index (χ3n) is 2.97. The summed E-state index contributed by atoms with van der Waals surface area (Å²) in [6, 6.07) is 3.10. The first-order valence-corrected chi connectivity index (χ1v) is 7.53. The summed E-state index contributed by atoms with van der Waals surface area (Å²) in [5.41, 5.74) is 1.15. The lowest BCUT2D eigenvalue weighted by atomic mass is 10.2. The van der Waals surface area contributed by atoms with Crippen LogP contribution in [0.5, 0.6) is 0 Å². The molecule has 1 aromatic heterocycles. The highest BCUT2D eigenvalue weighted by atomic mass is 32.1. The number of thiazole rings is 1. The van der Waals surface area contributed by atoms with Gasteiger partial charge in [0.1, 0.15) is 0 Å². The summed E-state index contributed by atoms with van der Waals surface area (Å²) in [4.78, 5) is 16.3. The lowest BCUT2D eigenvalue weighted by Gasteiger charge is -2.04. The van der Waals surface area contributed by atoms with E-state index >= 15 is 0 Å². The number of halogens is 2. The van der Waals surface area contributed by atoms with E-state index in [-0.39, 0.29) is 5.56 Å². The molecule has 1 heterocycles. The van der Waals surface area contributed by atoms with Crippen LogP contribution in [-0.2, 0) is 6.42 Å². The van der Waals surface area contributed by atoms with Crippen molar-refractivity contribution in [2.24, 2.45) is 0 Å². The van der Waals surface area contributed by atoms with Crippen LogP contribution < -0.4 is 5.32 Å². The van der Waals surface area contributed by atoms with Crippen molar-refractivity contribution in [1.82, 2.24) is 10.3 Å². The molecule has 0 saturated heterocycles. The second-order valence-corrected chi connectivity index (χ2v) is 5.90. The molecular weight excluding hydrogens is 294 g/mol. The van der Waals surface area contributed by atoms with Crippen molar-refractivity contribution in [3.63, 3.8) is 0 Å². The SMILES string of the molecule is CC(C)c1csc(CCNC(=O)c2ccc(F)c(F)c2)n1. The molecule has 1 aromatic carbocycles. The first-order chi connectivity index (χ1) is 9.97. The summed E-state index contributed by atoms with van der Waals surface area (Å²) in [5.74, 6) is -2.03. The van der Waals surface area contributed by atoms with Crippen LogP contribution in [-0.4, -0.2) is 17.4 Å². The molecule has 0 unspecified atom stereocenters. The van der Waals surface area contributed by atoms with Gasteiger partial charge in [0.2, 0.25) is 0 Å². The second-order valence-electron chi connectivity index (χ2n) is 4.96. The molecule has 1 N–H and O–H groups in total. The summed E-state index contributed by atoms with van der Waals surface area (Å²) >= 11 is 1.56. The number of carbonyl (C=O) groups excluding carboxylic acids is 1. The molecule has 0 aliphatic heterocycles. The Kier molecular flexibility index (Phi) is 5.01. The van der Waals surface area contributed by atoms with Gasteiger partial charge in [-0.05, 0) is 24.1 Å².